The summed E-state index contributed by atoms with van der Waals surface area (Å²) in [6.45, 7) is 4.85. The van der Waals surface area contributed by atoms with Crippen LogP contribution in [0.25, 0.3) is 0 Å². The largest absolute Gasteiger partial charge is 0.352 e. The van der Waals surface area contributed by atoms with Gasteiger partial charge in [0.25, 0.3) is 0 Å². The predicted molar refractivity (Wildman–Crippen MR) is 94.2 cm³/mol. The zero-order valence-corrected chi connectivity index (χ0v) is 14.1. The van der Waals surface area contributed by atoms with Gasteiger partial charge in [0.2, 0.25) is 11.8 Å². The van der Waals surface area contributed by atoms with Crippen molar-refractivity contribution in [3.8, 4) is 0 Å². The van der Waals surface area contributed by atoms with Gasteiger partial charge in [0.1, 0.15) is 0 Å². The molecular weight excluding hydrogens is 304 g/mol. The molecule has 0 aromatic rings. The van der Waals surface area contributed by atoms with Crippen LogP contribution in [0.5, 0.6) is 0 Å². The molecule has 0 atom stereocenters. The van der Waals surface area contributed by atoms with E-state index in [1.54, 1.807) is 23.5 Å². The monoisotopic (exact) mass is 330 g/mol. The van der Waals surface area contributed by atoms with Gasteiger partial charge >= 0.3 is 0 Å². The summed E-state index contributed by atoms with van der Waals surface area (Å²) in [5.74, 6) is 0.296. The fraction of sp³-hybridized carbons (Fsp3) is 0.600. The molecule has 0 spiro atoms. The summed E-state index contributed by atoms with van der Waals surface area (Å²) in [5.41, 5.74) is 2.60. The maximum absolute atomic E-state index is 10.8. The third-order valence-electron chi connectivity index (χ3n) is 3.17. The lowest BCUT2D eigenvalue weighted by Gasteiger charge is -2.16. The van der Waals surface area contributed by atoms with Crippen LogP contribution < -0.4 is 10.6 Å². The van der Waals surface area contributed by atoms with Gasteiger partial charge in [0.15, 0.2) is 0 Å². The highest BCUT2D eigenvalue weighted by molar-refractivity contribution is 8.02. The Morgan fingerprint density at radius 2 is 1.62 bits per heavy atom. The minimum Gasteiger partial charge on any atom is -0.352 e. The molecule has 2 aliphatic heterocycles. The summed E-state index contributed by atoms with van der Waals surface area (Å²) in [7, 11) is 0. The van der Waals surface area contributed by atoms with Crippen LogP contribution in [0.15, 0.2) is 21.1 Å². The van der Waals surface area contributed by atoms with E-state index in [1.165, 1.54) is 16.1 Å². The van der Waals surface area contributed by atoms with Crippen molar-refractivity contribution in [2.24, 2.45) is 0 Å². The maximum atomic E-state index is 10.8. The molecule has 0 radical (unpaired) electrons. The fourth-order valence-corrected chi connectivity index (χ4v) is 3.23. The second kappa shape index (κ2) is 9.95. The van der Waals surface area contributed by atoms with Crippen molar-refractivity contribution in [2.45, 2.75) is 40.5 Å². The Morgan fingerprint density at radius 3 is 2.10 bits per heavy atom. The average molecular weight is 331 g/mol. The van der Waals surface area contributed by atoms with E-state index in [-0.39, 0.29) is 19.2 Å². The van der Waals surface area contributed by atoms with Crippen LogP contribution in [-0.2, 0) is 9.59 Å². The molecule has 120 valence electrons. The Balaban J connectivity index is 0.000000364. The van der Waals surface area contributed by atoms with Gasteiger partial charge in [-0.15, -0.1) is 23.5 Å². The normalized spacial score (nSPS) is 18.3. The maximum Gasteiger partial charge on any atom is 0.225 e. The number of hydrogen-bond acceptors (Lipinski definition) is 4. The van der Waals surface area contributed by atoms with E-state index < -0.39 is 0 Å². The number of amides is 2. The molecule has 0 unspecified atom stereocenters. The van der Waals surface area contributed by atoms with Gasteiger partial charge in [0, 0.05) is 13.0 Å². The zero-order chi connectivity index (χ0) is 15.1. The highest BCUT2D eigenvalue weighted by Crippen LogP contribution is 2.22. The number of rotatable bonds is 2. The lowest BCUT2D eigenvalue weighted by molar-refractivity contribution is -0.121. The van der Waals surface area contributed by atoms with Crippen LogP contribution in [0.4, 0.5) is 0 Å². The summed E-state index contributed by atoms with van der Waals surface area (Å²) >= 11 is 3.28. The van der Waals surface area contributed by atoms with E-state index in [2.05, 4.69) is 24.5 Å². The van der Waals surface area contributed by atoms with E-state index in [1.807, 2.05) is 12.5 Å². The predicted octanol–water partition coefficient (Wildman–Crippen LogP) is 3.27. The standard InChI is InChI=1S/2C7H11NOS.CH4/c1-5-4-8-7(9)3-6(5)10-2;1-5-3-4-6(9)8-7(5)10-2;/h2*3-4H2,1-2H3,(H,8,9);1H4. The van der Waals surface area contributed by atoms with Gasteiger partial charge in [-0.3, -0.25) is 9.59 Å². The second-order valence-electron chi connectivity index (χ2n) is 4.72. The molecule has 2 amide bonds. The molecule has 0 fully saturated rings. The first-order chi connectivity index (χ1) is 9.47. The number of carbonyl (C=O) groups is 2. The van der Waals surface area contributed by atoms with Gasteiger partial charge in [-0.25, -0.2) is 0 Å². The van der Waals surface area contributed by atoms with Gasteiger partial charge in [-0.2, -0.15) is 0 Å². The fourth-order valence-electron chi connectivity index (χ4n) is 1.87. The van der Waals surface area contributed by atoms with Crippen LogP contribution in [0.2, 0.25) is 0 Å². The van der Waals surface area contributed by atoms with Crippen molar-refractivity contribution in [3.63, 3.8) is 0 Å². The van der Waals surface area contributed by atoms with Crippen LogP contribution in [0.1, 0.15) is 40.5 Å². The van der Waals surface area contributed by atoms with Crippen molar-refractivity contribution >= 4 is 35.3 Å². The highest BCUT2D eigenvalue weighted by Gasteiger charge is 2.13. The lowest BCUT2D eigenvalue weighted by atomic mass is 10.1. The van der Waals surface area contributed by atoms with Gasteiger partial charge < -0.3 is 10.6 Å². The second-order valence-corrected chi connectivity index (χ2v) is 6.44. The molecule has 4 nitrogen and oxygen atoms in total. The van der Waals surface area contributed by atoms with Crippen molar-refractivity contribution in [2.75, 3.05) is 19.1 Å². The number of thioether (sulfide) groups is 2. The number of nitrogens with one attached hydrogen (secondary N) is 2. The molecule has 2 N–H and O–H groups in total. The number of allylic oxidation sites excluding steroid dienone is 1. The Kier molecular flexibility index (Phi) is 9.53. The molecular formula is C15H26N2O2S2. The smallest absolute Gasteiger partial charge is 0.225 e. The minimum atomic E-state index is 0. The van der Waals surface area contributed by atoms with Crippen molar-refractivity contribution in [1.82, 2.24) is 10.6 Å². The summed E-state index contributed by atoms with van der Waals surface area (Å²) in [6, 6.07) is 0. The van der Waals surface area contributed by atoms with Crippen LogP contribution in [0, 0.1) is 0 Å². The number of carbonyl (C=O) groups excluding carboxylic acids is 2. The van der Waals surface area contributed by atoms with Crippen LogP contribution >= 0.6 is 23.5 Å². The Labute approximate surface area is 136 Å². The molecule has 2 rings (SSSR count). The molecule has 0 saturated heterocycles. The molecule has 2 aliphatic rings. The highest BCUT2D eigenvalue weighted by atomic mass is 32.2. The van der Waals surface area contributed by atoms with Gasteiger partial charge in [-0.1, -0.05) is 7.43 Å². The van der Waals surface area contributed by atoms with Crippen LogP contribution in [-0.4, -0.2) is 30.9 Å². The molecule has 2 heterocycles. The molecule has 0 aromatic carbocycles. The van der Waals surface area contributed by atoms with Crippen molar-refractivity contribution < 1.29 is 9.59 Å². The quantitative estimate of drug-likeness (QED) is 0.816. The molecule has 0 aliphatic carbocycles. The average Bonchev–Trinajstić information content (AvgIpc) is 2.44. The Hall–Kier alpha value is -0.880. The van der Waals surface area contributed by atoms with E-state index in [0.29, 0.717) is 12.8 Å². The first kappa shape index (κ1) is 20.1. The van der Waals surface area contributed by atoms with Crippen molar-refractivity contribution in [1.29, 1.82) is 0 Å². The van der Waals surface area contributed by atoms with Gasteiger partial charge in [0.05, 0.1) is 11.4 Å². The summed E-state index contributed by atoms with van der Waals surface area (Å²) in [4.78, 5) is 22.9. The molecule has 0 saturated carbocycles. The topological polar surface area (TPSA) is 58.2 Å². The van der Waals surface area contributed by atoms with Gasteiger partial charge in [-0.05, 0) is 48.8 Å². The summed E-state index contributed by atoms with van der Waals surface area (Å²) in [6.07, 6.45) is 6.13. The minimum absolute atomic E-state index is 0. The first-order valence-corrected chi connectivity index (χ1v) is 8.95. The lowest BCUT2D eigenvalue weighted by Crippen LogP contribution is -2.29. The first-order valence-electron chi connectivity index (χ1n) is 6.50. The van der Waals surface area contributed by atoms with Crippen LogP contribution in [0.3, 0.4) is 0 Å². The van der Waals surface area contributed by atoms with E-state index >= 15 is 0 Å². The number of hydrogen-bond donors (Lipinski definition) is 2. The summed E-state index contributed by atoms with van der Waals surface area (Å²) < 4.78 is 0. The van der Waals surface area contributed by atoms with E-state index in [9.17, 15) is 9.59 Å². The third kappa shape index (κ3) is 6.61. The molecule has 6 heteroatoms. The van der Waals surface area contributed by atoms with E-state index in [0.717, 1.165) is 18.0 Å². The third-order valence-corrected chi connectivity index (χ3v) is 5.01. The Bertz CT molecular complexity index is 415. The molecule has 0 aromatic heterocycles. The summed E-state index contributed by atoms with van der Waals surface area (Å²) in [5, 5.41) is 6.64. The van der Waals surface area contributed by atoms with E-state index in [4.69, 9.17) is 0 Å². The molecule has 21 heavy (non-hydrogen) atoms. The SMILES string of the molecule is C.CSC1=C(C)CCC(=O)N1.CSC1=C(C)CNC(=O)C1. The molecule has 0 bridgehead atoms. The Morgan fingerprint density at radius 1 is 0.952 bits per heavy atom. The zero-order valence-electron chi connectivity index (χ0n) is 12.5. The van der Waals surface area contributed by atoms with Crippen molar-refractivity contribution in [3.05, 3.63) is 21.1 Å².